The van der Waals surface area contributed by atoms with Crippen LogP contribution < -0.4 is 5.32 Å². The lowest BCUT2D eigenvalue weighted by molar-refractivity contribution is -0.128. The molecular weight excluding hydrogens is 302 g/mol. The lowest BCUT2D eigenvalue weighted by Gasteiger charge is -2.35. The number of urea groups is 1. The predicted molar refractivity (Wildman–Crippen MR) is 93.4 cm³/mol. The Labute approximate surface area is 144 Å². The molecule has 2 unspecified atom stereocenters. The standard InChI is InChI=1S/C19H27N3O2/c1-2-17-10-6-7-11-22(17)19(24)20-16-12-18(23)21(14-16)13-15-8-4-3-5-9-15/h3-5,8-9,16-17H,2,6-7,10-14H2,1H3,(H,20,24). The Hall–Kier alpha value is -2.04. The van der Waals surface area contributed by atoms with Crippen LogP contribution in [-0.2, 0) is 11.3 Å². The van der Waals surface area contributed by atoms with Gasteiger partial charge in [-0.05, 0) is 31.2 Å². The Morgan fingerprint density at radius 1 is 1.25 bits per heavy atom. The molecule has 0 aromatic heterocycles. The molecule has 2 aliphatic heterocycles. The fourth-order valence-electron chi connectivity index (χ4n) is 3.78. The van der Waals surface area contributed by atoms with E-state index in [4.69, 9.17) is 0 Å². The highest BCUT2D eigenvalue weighted by Crippen LogP contribution is 2.20. The van der Waals surface area contributed by atoms with Crippen molar-refractivity contribution >= 4 is 11.9 Å². The van der Waals surface area contributed by atoms with Gasteiger partial charge in [-0.25, -0.2) is 4.79 Å². The summed E-state index contributed by atoms with van der Waals surface area (Å²) in [6, 6.07) is 10.3. The number of likely N-dealkylation sites (tertiary alicyclic amines) is 2. The molecule has 5 heteroatoms. The fourth-order valence-corrected chi connectivity index (χ4v) is 3.78. The molecule has 5 nitrogen and oxygen atoms in total. The zero-order chi connectivity index (χ0) is 16.9. The topological polar surface area (TPSA) is 52.7 Å². The van der Waals surface area contributed by atoms with E-state index in [0.717, 1.165) is 31.4 Å². The molecule has 1 N–H and O–H groups in total. The van der Waals surface area contributed by atoms with Crippen LogP contribution in [0, 0.1) is 0 Å². The van der Waals surface area contributed by atoms with Gasteiger partial charge in [0.2, 0.25) is 5.91 Å². The maximum absolute atomic E-state index is 12.6. The summed E-state index contributed by atoms with van der Waals surface area (Å²) in [5.74, 6) is 0.120. The van der Waals surface area contributed by atoms with Gasteiger partial charge < -0.3 is 15.1 Å². The van der Waals surface area contributed by atoms with Gasteiger partial charge in [0.25, 0.3) is 0 Å². The van der Waals surface area contributed by atoms with Gasteiger partial charge in [-0.15, -0.1) is 0 Å². The van der Waals surface area contributed by atoms with E-state index in [0.29, 0.717) is 25.6 Å². The first-order valence-corrected chi connectivity index (χ1v) is 9.06. The molecule has 0 saturated carbocycles. The number of carbonyl (C=O) groups is 2. The van der Waals surface area contributed by atoms with Crippen molar-refractivity contribution in [2.75, 3.05) is 13.1 Å². The van der Waals surface area contributed by atoms with E-state index in [-0.39, 0.29) is 18.0 Å². The van der Waals surface area contributed by atoms with Crippen LogP contribution in [0.5, 0.6) is 0 Å². The summed E-state index contributed by atoms with van der Waals surface area (Å²) >= 11 is 0. The number of hydrogen-bond donors (Lipinski definition) is 1. The Bertz CT molecular complexity index is 575. The highest BCUT2D eigenvalue weighted by atomic mass is 16.2. The molecule has 2 aliphatic rings. The quantitative estimate of drug-likeness (QED) is 0.923. The van der Waals surface area contributed by atoms with Crippen molar-refractivity contribution in [1.29, 1.82) is 0 Å². The summed E-state index contributed by atoms with van der Waals surface area (Å²) in [5.41, 5.74) is 1.12. The Balaban J connectivity index is 1.54. The predicted octanol–water partition coefficient (Wildman–Crippen LogP) is 2.76. The normalized spacial score (nSPS) is 24.3. The largest absolute Gasteiger partial charge is 0.336 e. The van der Waals surface area contributed by atoms with Crippen LogP contribution in [0.25, 0.3) is 0 Å². The van der Waals surface area contributed by atoms with Crippen molar-refractivity contribution in [3.8, 4) is 0 Å². The maximum atomic E-state index is 12.6. The summed E-state index contributed by atoms with van der Waals surface area (Å²) < 4.78 is 0. The third-order valence-corrected chi connectivity index (χ3v) is 5.12. The van der Waals surface area contributed by atoms with Crippen molar-refractivity contribution in [2.24, 2.45) is 0 Å². The molecule has 0 bridgehead atoms. The van der Waals surface area contributed by atoms with Crippen LogP contribution in [-0.4, -0.2) is 46.9 Å². The van der Waals surface area contributed by atoms with Crippen LogP contribution in [0.2, 0.25) is 0 Å². The zero-order valence-electron chi connectivity index (χ0n) is 14.4. The second kappa shape index (κ2) is 7.69. The third-order valence-electron chi connectivity index (χ3n) is 5.12. The smallest absolute Gasteiger partial charge is 0.317 e. The minimum absolute atomic E-state index is 0.000844. The van der Waals surface area contributed by atoms with Gasteiger partial charge in [-0.3, -0.25) is 4.79 Å². The zero-order valence-corrected chi connectivity index (χ0v) is 14.4. The van der Waals surface area contributed by atoms with Crippen LogP contribution in [0.1, 0.15) is 44.6 Å². The second-order valence-corrected chi connectivity index (χ2v) is 6.86. The summed E-state index contributed by atoms with van der Waals surface area (Å²) in [6.07, 6.45) is 4.77. The molecule has 0 spiro atoms. The molecule has 0 aliphatic carbocycles. The number of hydrogen-bond acceptors (Lipinski definition) is 2. The first kappa shape index (κ1) is 16.8. The molecule has 1 aromatic rings. The number of piperidine rings is 1. The lowest BCUT2D eigenvalue weighted by atomic mass is 10.0. The minimum Gasteiger partial charge on any atom is -0.336 e. The fraction of sp³-hybridized carbons (Fsp3) is 0.579. The summed E-state index contributed by atoms with van der Waals surface area (Å²) in [5, 5.41) is 3.08. The van der Waals surface area contributed by atoms with E-state index < -0.39 is 0 Å². The van der Waals surface area contributed by atoms with Crippen molar-refractivity contribution in [2.45, 2.75) is 57.7 Å². The molecule has 1 aromatic carbocycles. The first-order valence-electron chi connectivity index (χ1n) is 9.06. The minimum atomic E-state index is -0.0758. The van der Waals surface area contributed by atoms with Gasteiger partial charge in [-0.1, -0.05) is 37.3 Å². The summed E-state index contributed by atoms with van der Waals surface area (Å²) in [6.45, 7) is 4.19. The molecule has 24 heavy (non-hydrogen) atoms. The van der Waals surface area contributed by atoms with Gasteiger partial charge in [0, 0.05) is 32.1 Å². The monoisotopic (exact) mass is 329 g/mol. The number of benzene rings is 1. The number of rotatable bonds is 4. The molecule has 2 saturated heterocycles. The Morgan fingerprint density at radius 2 is 2.04 bits per heavy atom. The van der Waals surface area contributed by atoms with E-state index in [9.17, 15) is 9.59 Å². The van der Waals surface area contributed by atoms with E-state index in [1.807, 2.05) is 40.1 Å². The van der Waals surface area contributed by atoms with Crippen molar-refractivity contribution in [3.05, 3.63) is 35.9 Å². The number of carbonyl (C=O) groups excluding carboxylic acids is 2. The van der Waals surface area contributed by atoms with E-state index >= 15 is 0 Å². The van der Waals surface area contributed by atoms with E-state index in [1.165, 1.54) is 6.42 Å². The van der Waals surface area contributed by atoms with E-state index in [1.54, 1.807) is 0 Å². The van der Waals surface area contributed by atoms with Crippen LogP contribution in [0.4, 0.5) is 4.79 Å². The van der Waals surface area contributed by atoms with Crippen LogP contribution >= 0.6 is 0 Å². The Morgan fingerprint density at radius 3 is 2.79 bits per heavy atom. The highest BCUT2D eigenvalue weighted by molar-refractivity contribution is 5.81. The average molecular weight is 329 g/mol. The Kier molecular flexibility index (Phi) is 5.38. The first-order chi connectivity index (χ1) is 11.7. The maximum Gasteiger partial charge on any atom is 0.317 e. The molecular formula is C19H27N3O2. The molecule has 0 radical (unpaired) electrons. The van der Waals surface area contributed by atoms with Gasteiger partial charge >= 0.3 is 6.03 Å². The van der Waals surface area contributed by atoms with Gasteiger partial charge in [0.05, 0.1) is 6.04 Å². The molecule has 2 heterocycles. The molecule has 2 atom stereocenters. The highest BCUT2D eigenvalue weighted by Gasteiger charge is 2.33. The van der Waals surface area contributed by atoms with Crippen molar-refractivity contribution in [1.82, 2.24) is 15.1 Å². The van der Waals surface area contributed by atoms with Crippen LogP contribution in [0.15, 0.2) is 30.3 Å². The average Bonchev–Trinajstić information content (AvgIpc) is 2.94. The van der Waals surface area contributed by atoms with Gasteiger partial charge in [0.15, 0.2) is 0 Å². The van der Waals surface area contributed by atoms with Crippen molar-refractivity contribution in [3.63, 3.8) is 0 Å². The van der Waals surface area contributed by atoms with Gasteiger partial charge in [0.1, 0.15) is 0 Å². The van der Waals surface area contributed by atoms with Crippen LogP contribution in [0.3, 0.4) is 0 Å². The van der Waals surface area contributed by atoms with Crippen molar-refractivity contribution < 1.29 is 9.59 Å². The summed E-state index contributed by atoms with van der Waals surface area (Å²) in [7, 11) is 0. The van der Waals surface area contributed by atoms with E-state index in [2.05, 4.69) is 12.2 Å². The number of nitrogens with zero attached hydrogens (tertiary/aromatic N) is 2. The SMILES string of the molecule is CCC1CCCCN1C(=O)NC1CC(=O)N(Cc2ccccc2)C1. The lowest BCUT2D eigenvalue weighted by Crippen LogP contribution is -2.51. The second-order valence-electron chi connectivity index (χ2n) is 6.86. The number of nitrogens with one attached hydrogen (secondary N) is 1. The third kappa shape index (κ3) is 3.89. The summed E-state index contributed by atoms with van der Waals surface area (Å²) in [4.78, 5) is 28.6. The number of amides is 3. The molecule has 2 fully saturated rings. The molecule has 3 rings (SSSR count). The molecule has 3 amide bonds. The van der Waals surface area contributed by atoms with Gasteiger partial charge in [-0.2, -0.15) is 0 Å². The molecule has 130 valence electrons.